The molecule has 2 nitrogen and oxygen atoms in total. The third kappa shape index (κ3) is 2.28. The summed E-state index contributed by atoms with van der Waals surface area (Å²) in [6.07, 6.45) is 6.49. The van der Waals surface area contributed by atoms with Gasteiger partial charge in [-0.15, -0.1) is 0 Å². The van der Waals surface area contributed by atoms with Gasteiger partial charge in [0.25, 0.3) is 0 Å². The van der Waals surface area contributed by atoms with Crippen LogP contribution < -0.4 is 0 Å². The highest BCUT2D eigenvalue weighted by atomic mass is 16.3. The number of hydrogen-bond acceptors (Lipinski definition) is 2. The molecule has 0 radical (unpaired) electrons. The van der Waals surface area contributed by atoms with Crippen molar-refractivity contribution in [2.24, 2.45) is 5.41 Å². The van der Waals surface area contributed by atoms with Crippen LogP contribution in [0.3, 0.4) is 0 Å². The Bertz CT molecular complexity index is 587. The normalized spacial score (nSPS) is 23.6. The molecule has 2 atom stereocenters. The van der Waals surface area contributed by atoms with Crippen LogP contribution in [0.1, 0.15) is 44.6 Å². The number of nitrogens with zero attached hydrogens (tertiary/aromatic N) is 1. The van der Waals surface area contributed by atoms with E-state index in [2.05, 4.69) is 43.1 Å². The molecule has 0 aliphatic heterocycles. The van der Waals surface area contributed by atoms with Crippen LogP contribution in [0.4, 0.5) is 0 Å². The Morgan fingerprint density at radius 1 is 1.00 bits per heavy atom. The first-order valence-corrected chi connectivity index (χ1v) is 7.89. The average Bonchev–Trinajstić information content (AvgIpc) is 2.55. The summed E-state index contributed by atoms with van der Waals surface area (Å²) < 4.78 is 0. The van der Waals surface area contributed by atoms with Crippen LogP contribution >= 0.6 is 0 Å². The lowest BCUT2D eigenvalue weighted by atomic mass is 9.53. The SMILES string of the molecule is CCC1(CC)C(O)CC1c1ccc(-c2ccncc2)cc1. The molecule has 0 spiro atoms. The molecule has 21 heavy (non-hydrogen) atoms. The van der Waals surface area contributed by atoms with E-state index < -0.39 is 0 Å². The first kappa shape index (κ1) is 14.3. The number of aliphatic hydroxyl groups excluding tert-OH is 1. The molecule has 1 aliphatic carbocycles. The second-order valence-corrected chi connectivity index (χ2v) is 6.10. The van der Waals surface area contributed by atoms with Crippen molar-refractivity contribution >= 4 is 0 Å². The number of pyridine rings is 1. The minimum absolute atomic E-state index is 0.0815. The molecule has 1 aliphatic rings. The fraction of sp³-hybridized carbons (Fsp3) is 0.421. The van der Waals surface area contributed by atoms with Gasteiger partial charge in [0.15, 0.2) is 0 Å². The van der Waals surface area contributed by atoms with Gasteiger partial charge in [-0.3, -0.25) is 4.98 Å². The summed E-state index contributed by atoms with van der Waals surface area (Å²) >= 11 is 0. The average molecular weight is 281 g/mol. The Morgan fingerprint density at radius 3 is 2.10 bits per heavy atom. The second kappa shape index (κ2) is 5.61. The fourth-order valence-electron chi connectivity index (χ4n) is 3.90. The molecule has 1 fully saturated rings. The Kier molecular flexibility index (Phi) is 3.81. The first-order valence-electron chi connectivity index (χ1n) is 7.89. The quantitative estimate of drug-likeness (QED) is 0.901. The number of aliphatic hydroxyl groups is 1. The Balaban J connectivity index is 1.85. The second-order valence-electron chi connectivity index (χ2n) is 6.10. The van der Waals surface area contributed by atoms with Crippen molar-refractivity contribution in [3.05, 3.63) is 54.4 Å². The third-order valence-corrected chi connectivity index (χ3v) is 5.46. The number of benzene rings is 1. The number of rotatable bonds is 4. The number of hydrogen-bond donors (Lipinski definition) is 1. The highest BCUT2D eigenvalue weighted by Crippen LogP contribution is 2.57. The van der Waals surface area contributed by atoms with Crippen molar-refractivity contribution in [3.63, 3.8) is 0 Å². The lowest BCUT2D eigenvalue weighted by Gasteiger charge is -2.54. The van der Waals surface area contributed by atoms with E-state index in [0.717, 1.165) is 19.3 Å². The largest absolute Gasteiger partial charge is 0.393 e. The van der Waals surface area contributed by atoms with Gasteiger partial charge in [-0.25, -0.2) is 0 Å². The zero-order chi connectivity index (χ0) is 14.9. The topological polar surface area (TPSA) is 33.1 Å². The molecule has 1 aromatic carbocycles. The van der Waals surface area contributed by atoms with Gasteiger partial charge in [0.2, 0.25) is 0 Å². The monoisotopic (exact) mass is 281 g/mol. The van der Waals surface area contributed by atoms with Gasteiger partial charge in [0, 0.05) is 17.8 Å². The summed E-state index contributed by atoms with van der Waals surface area (Å²) in [4.78, 5) is 4.06. The van der Waals surface area contributed by atoms with Gasteiger partial charge in [-0.05, 0) is 54.0 Å². The molecular weight excluding hydrogens is 258 g/mol. The van der Waals surface area contributed by atoms with Crippen molar-refractivity contribution in [2.45, 2.75) is 45.1 Å². The molecule has 2 heteroatoms. The maximum atomic E-state index is 10.2. The van der Waals surface area contributed by atoms with E-state index in [-0.39, 0.29) is 11.5 Å². The molecule has 2 aromatic rings. The minimum Gasteiger partial charge on any atom is -0.393 e. The molecule has 3 rings (SSSR count). The van der Waals surface area contributed by atoms with Crippen LogP contribution in [0.2, 0.25) is 0 Å². The van der Waals surface area contributed by atoms with Crippen molar-refractivity contribution < 1.29 is 5.11 Å². The van der Waals surface area contributed by atoms with Crippen LogP contribution in [0, 0.1) is 5.41 Å². The van der Waals surface area contributed by atoms with E-state index in [1.165, 1.54) is 16.7 Å². The third-order valence-electron chi connectivity index (χ3n) is 5.46. The van der Waals surface area contributed by atoms with Crippen molar-refractivity contribution in [1.82, 2.24) is 4.98 Å². The Morgan fingerprint density at radius 2 is 1.57 bits per heavy atom. The molecule has 2 unspecified atom stereocenters. The summed E-state index contributed by atoms with van der Waals surface area (Å²) in [5.41, 5.74) is 3.86. The predicted octanol–water partition coefficient (Wildman–Crippen LogP) is 4.40. The van der Waals surface area contributed by atoms with Crippen molar-refractivity contribution in [1.29, 1.82) is 0 Å². The summed E-state index contributed by atoms with van der Waals surface area (Å²) in [7, 11) is 0. The molecule has 1 aromatic heterocycles. The maximum Gasteiger partial charge on any atom is 0.0608 e. The van der Waals surface area contributed by atoms with E-state index >= 15 is 0 Å². The molecule has 1 heterocycles. The molecule has 1 saturated carbocycles. The predicted molar refractivity (Wildman–Crippen MR) is 86.1 cm³/mol. The summed E-state index contributed by atoms with van der Waals surface area (Å²) in [5, 5.41) is 10.2. The maximum absolute atomic E-state index is 10.2. The molecule has 0 saturated heterocycles. The van der Waals surface area contributed by atoms with Crippen LogP contribution in [0.15, 0.2) is 48.8 Å². The molecular formula is C19H23NO. The van der Waals surface area contributed by atoms with Crippen molar-refractivity contribution in [3.8, 4) is 11.1 Å². The summed E-state index contributed by atoms with van der Waals surface area (Å²) in [6.45, 7) is 4.40. The van der Waals surface area contributed by atoms with E-state index in [4.69, 9.17) is 0 Å². The van der Waals surface area contributed by atoms with E-state index in [1.54, 1.807) is 0 Å². The van der Waals surface area contributed by atoms with Gasteiger partial charge in [0.1, 0.15) is 0 Å². The highest BCUT2D eigenvalue weighted by Gasteiger charge is 2.52. The van der Waals surface area contributed by atoms with Gasteiger partial charge in [-0.2, -0.15) is 0 Å². The molecule has 110 valence electrons. The lowest BCUT2D eigenvalue weighted by Crippen LogP contribution is -2.50. The lowest BCUT2D eigenvalue weighted by molar-refractivity contribution is -0.0931. The number of aromatic nitrogens is 1. The summed E-state index contributed by atoms with van der Waals surface area (Å²) in [6, 6.07) is 12.9. The van der Waals surface area contributed by atoms with Gasteiger partial charge < -0.3 is 5.11 Å². The molecule has 0 bridgehead atoms. The van der Waals surface area contributed by atoms with Crippen LogP contribution in [-0.4, -0.2) is 16.2 Å². The van der Waals surface area contributed by atoms with Gasteiger partial charge in [0.05, 0.1) is 6.10 Å². The zero-order valence-corrected chi connectivity index (χ0v) is 12.8. The molecule has 0 amide bonds. The fourth-order valence-corrected chi connectivity index (χ4v) is 3.90. The Labute approximate surface area is 126 Å². The zero-order valence-electron chi connectivity index (χ0n) is 12.8. The highest BCUT2D eigenvalue weighted by molar-refractivity contribution is 5.63. The molecule has 1 N–H and O–H groups in total. The van der Waals surface area contributed by atoms with Crippen LogP contribution in [0.25, 0.3) is 11.1 Å². The standard InChI is InChI=1S/C19H23NO/c1-3-19(4-2)17(13-18(19)21)16-7-5-14(6-8-16)15-9-11-20-12-10-15/h5-12,17-18,21H,3-4,13H2,1-2H3. The van der Waals surface area contributed by atoms with Crippen LogP contribution in [-0.2, 0) is 0 Å². The first-order chi connectivity index (χ1) is 10.2. The van der Waals surface area contributed by atoms with Crippen molar-refractivity contribution in [2.75, 3.05) is 0 Å². The van der Waals surface area contributed by atoms with Gasteiger partial charge >= 0.3 is 0 Å². The van der Waals surface area contributed by atoms with Gasteiger partial charge in [-0.1, -0.05) is 38.1 Å². The van der Waals surface area contributed by atoms with E-state index in [0.29, 0.717) is 5.92 Å². The minimum atomic E-state index is -0.141. The van der Waals surface area contributed by atoms with E-state index in [1.807, 2.05) is 24.5 Å². The van der Waals surface area contributed by atoms with Crippen LogP contribution in [0.5, 0.6) is 0 Å². The summed E-state index contributed by atoms with van der Waals surface area (Å²) in [5.74, 6) is 0.494. The Hall–Kier alpha value is -1.67. The van der Waals surface area contributed by atoms with E-state index in [9.17, 15) is 5.11 Å². The smallest absolute Gasteiger partial charge is 0.0608 e.